The molecule has 3 nitrogen and oxygen atoms in total. The van der Waals surface area contributed by atoms with E-state index in [1.807, 2.05) is 25.1 Å². The molecule has 3 heteroatoms. The highest BCUT2D eigenvalue weighted by atomic mass is 16.5. The second-order valence-corrected chi connectivity index (χ2v) is 4.32. The second kappa shape index (κ2) is 5.21. The van der Waals surface area contributed by atoms with Gasteiger partial charge in [-0.05, 0) is 50.0 Å². The van der Waals surface area contributed by atoms with Crippen molar-refractivity contribution in [2.75, 3.05) is 26.8 Å². The van der Waals surface area contributed by atoms with Crippen molar-refractivity contribution in [3.8, 4) is 11.5 Å². The Bertz CT molecular complexity index is 348. The van der Waals surface area contributed by atoms with Crippen LogP contribution in [0.1, 0.15) is 12.0 Å². The van der Waals surface area contributed by atoms with Gasteiger partial charge in [-0.15, -0.1) is 0 Å². The maximum atomic E-state index is 5.74. The number of benzene rings is 1. The predicted octanol–water partition coefficient (Wildman–Crippen LogP) is 1.99. The molecule has 1 aromatic rings. The highest BCUT2D eigenvalue weighted by molar-refractivity contribution is 5.42. The van der Waals surface area contributed by atoms with Gasteiger partial charge in [0.15, 0.2) is 11.5 Å². The van der Waals surface area contributed by atoms with Gasteiger partial charge in [-0.3, -0.25) is 0 Å². The van der Waals surface area contributed by atoms with Gasteiger partial charge in [0.05, 0.1) is 13.7 Å². The molecule has 0 aliphatic carbocycles. The first-order chi connectivity index (χ1) is 7.79. The fourth-order valence-electron chi connectivity index (χ4n) is 1.78. The molecule has 0 bridgehead atoms. The third-order valence-electron chi connectivity index (χ3n) is 2.97. The molecule has 1 aliphatic heterocycles. The first-order valence-electron chi connectivity index (χ1n) is 5.78. The largest absolute Gasteiger partial charge is 0.493 e. The third kappa shape index (κ3) is 2.67. The van der Waals surface area contributed by atoms with E-state index in [1.165, 1.54) is 5.56 Å². The van der Waals surface area contributed by atoms with E-state index in [2.05, 4.69) is 5.32 Å². The fourth-order valence-corrected chi connectivity index (χ4v) is 1.78. The molecular formula is C13H19NO2. The molecule has 1 N–H and O–H groups in total. The van der Waals surface area contributed by atoms with Crippen LogP contribution in [0.3, 0.4) is 0 Å². The zero-order chi connectivity index (χ0) is 11.4. The molecule has 16 heavy (non-hydrogen) atoms. The zero-order valence-corrected chi connectivity index (χ0v) is 9.95. The van der Waals surface area contributed by atoms with Crippen LogP contribution in [0, 0.1) is 12.8 Å². The summed E-state index contributed by atoms with van der Waals surface area (Å²) in [7, 11) is 1.68. The maximum absolute atomic E-state index is 5.74. The number of nitrogens with one attached hydrogen (secondary N) is 1. The summed E-state index contributed by atoms with van der Waals surface area (Å²) >= 11 is 0. The van der Waals surface area contributed by atoms with E-state index in [-0.39, 0.29) is 0 Å². The van der Waals surface area contributed by atoms with Crippen molar-refractivity contribution in [1.82, 2.24) is 5.32 Å². The van der Waals surface area contributed by atoms with Crippen LogP contribution in [0.15, 0.2) is 18.2 Å². The van der Waals surface area contributed by atoms with Crippen LogP contribution < -0.4 is 14.8 Å². The topological polar surface area (TPSA) is 30.5 Å². The van der Waals surface area contributed by atoms with Crippen molar-refractivity contribution in [1.29, 1.82) is 0 Å². The second-order valence-electron chi connectivity index (χ2n) is 4.32. The van der Waals surface area contributed by atoms with E-state index in [0.717, 1.165) is 43.5 Å². The molecule has 0 saturated carbocycles. The molecule has 0 atom stereocenters. The lowest BCUT2D eigenvalue weighted by Gasteiger charge is -2.26. The Morgan fingerprint density at radius 1 is 1.31 bits per heavy atom. The van der Waals surface area contributed by atoms with E-state index in [4.69, 9.17) is 9.47 Å². The van der Waals surface area contributed by atoms with Gasteiger partial charge >= 0.3 is 0 Å². The predicted molar refractivity (Wildman–Crippen MR) is 64.2 cm³/mol. The number of rotatable bonds is 5. The van der Waals surface area contributed by atoms with Gasteiger partial charge in [-0.2, -0.15) is 0 Å². The van der Waals surface area contributed by atoms with Crippen LogP contribution in [-0.4, -0.2) is 26.8 Å². The number of hydrogen-bond donors (Lipinski definition) is 1. The summed E-state index contributed by atoms with van der Waals surface area (Å²) in [5.41, 5.74) is 1.19. The van der Waals surface area contributed by atoms with Crippen molar-refractivity contribution in [3.63, 3.8) is 0 Å². The molecule has 1 aliphatic rings. The average Bonchev–Trinajstić information content (AvgIpc) is 2.23. The van der Waals surface area contributed by atoms with Crippen molar-refractivity contribution in [2.24, 2.45) is 5.92 Å². The first kappa shape index (κ1) is 11.3. The minimum atomic E-state index is 0.770. The fraction of sp³-hybridized carbons (Fsp3) is 0.538. The lowest BCUT2D eigenvalue weighted by atomic mass is 10.0. The molecular weight excluding hydrogens is 202 g/mol. The number of aryl methyl sites for hydroxylation is 1. The minimum absolute atomic E-state index is 0.770. The Hall–Kier alpha value is -1.22. The molecule has 1 aromatic carbocycles. The van der Waals surface area contributed by atoms with Gasteiger partial charge in [0, 0.05) is 0 Å². The van der Waals surface area contributed by atoms with Crippen molar-refractivity contribution in [3.05, 3.63) is 23.8 Å². The molecule has 1 saturated heterocycles. The molecule has 88 valence electrons. The maximum Gasteiger partial charge on any atom is 0.161 e. The highest BCUT2D eigenvalue weighted by Gasteiger charge is 2.16. The molecule has 0 unspecified atom stereocenters. The van der Waals surface area contributed by atoms with E-state index in [0.29, 0.717) is 0 Å². The lowest BCUT2D eigenvalue weighted by molar-refractivity contribution is 0.231. The van der Waals surface area contributed by atoms with Gasteiger partial charge in [0.1, 0.15) is 0 Å². The molecule has 1 heterocycles. The van der Waals surface area contributed by atoms with Crippen LogP contribution >= 0.6 is 0 Å². The van der Waals surface area contributed by atoms with Gasteiger partial charge in [-0.1, -0.05) is 6.07 Å². The van der Waals surface area contributed by atoms with Crippen LogP contribution in [0.25, 0.3) is 0 Å². The van der Waals surface area contributed by atoms with E-state index < -0.39 is 0 Å². The molecule has 0 amide bonds. The summed E-state index contributed by atoms with van der Waals surface area (Å²) in [6, 6.07) is 6.02. The normalized spacial score (nSPS) is 15.6. The van der Waals surface area contributed by atoms with Gasteiger partial charge in [-0.25, -0.2) is 0 Å². The summed E-state index contributed by atoms with van der Waals surface area (Å²) in [5.74, 6) is 2.46. The Morgan fingerprint density at radius 3 is 2.75 bits per heavy atom. The van der Waals surface area contributed by atoms with Crippen LogP contribution in [0.2, 0.25) is 0 Å². The molecule has 1 fully saturated rings. The highest BCUT2D eigenvalue weighted by Crippen LogP contribution is 2.28. The number of ether oxygens (including phenoxy) is 2. The van der Waals surface area contributed by atoms with Crippen LogP contribution in [0.4, 0.5) is 0 Å². The Balaban J connectivity index is 1.87. The summed E-state index contributed by atoms with van der Waals surface area (Å²) < 4.78 is 11.0. The van der Waals surface area contributed by atoms with E-state index in [9.17, 15) is 0 Å². The van der Waals surface area contributed by atoms with Gasteiger partial charge in [0.2, 0.25) is 0 Å². The van der Waals surface area contributed by atoms with Crippen molar-refractivity contribution < 1.29 is 9.47 Å². The zero-order valence-electron chi connectivity index (χ0n) is 9.95. The SMILES string of the molecule is COc1cc(C)ccc1OCCC1CNC1. The van der Waals surface area contributed by atoms with Crippen molar-refractivity contribution >= 4 is 0 Å². The van der Waals surface area contributed by atoms with Crippen molar-refractivity contribution in [2.45, 2.75) is 13.3 Å². The van der Waals surface area contributed by atoms with E-state index >= 15 is 0 Å². The molecule has 2 rings (SSSR count). The van der Waals surface area contributed by atoms with Crippen LogP contribution in [-0.2, 0) is 0 Å². The average molecular weight is 221 g/mol. The summed E-state index contributed by atoms with van der Waals surface area (Å²) in [6.45, 7) is 5.08. The lowest BCUT2D eigenvalue weighted by Crippen LogP contribution is -2.42. The summed E-state index contributed by atoms with van der Waals surface area (Å²) in [5, 5.41) is 3.26. The third-order valence-corrected chi connectivity index (χ3v) is 2.97. The minimum Gasteiger partial charge on any atom is -0.493 e. The smallest absolute Gasteiger partial charge is 0.161 e. The number of methoxy groups -OCH3 is 1. The first-order valence-corrected chi connectivity index (χ1v) is 5.78. The Labute approximate surface area is 96.8 Å². The Kier molecular flexibility index (Phi) is 3.67. The summed E-state index contributed by atoms with van der Waals surface area (Å²) in [6.07, 6.45) is 1.12. The Morgan fingerprint density at radius 2 is 2.12 bits per heavy atom. The van der Waals surface area contributed by atoms with E-state index in [1.54, 1.807) is 7.11 Å². The van der Waals surface area contributed by atoms with Crippen LogP contribution in [0.5, 0.6) is 11.5 Å². The van der Waals surface area contributed by atoms with Gasteiger partial charge in [0.25, 0.3) is 0 Å². The molecule has 0 aromatic heterocycles. The number of hydrogen-bond acceptors (Lipinski definition) is 3. The summed E-state index contributed by atoms with van der Waals surface area (Å²) in [4.78, 5) is 0. The quantitative estimate of drug-likeness (QED) is 0.825. The molecule has 0 radical (unpaired) electrons. The molecule has 0 spiro atoms. The van der Waals surface area contributed by atoms with Gasteiger partial charge < -0.3 is 14.8 Å². The monoisotopic (exact) mass is 221 g/mol. The standard InChI is InChI=1S/C13H19NO2/c1-10-3-4-12(13(7-10)15-2)16-6-5-11-8-14-9-11/h3-4,7,11,14H,5-6,8-9H2,1-2H3.